The van der Waals surface area contributed by atoms with Crippen molar-refractivity contribution in [3.05, 3.63) is 5.53 Å². The second-order valence-corrected chi connectivity index (χ2v) is 2.98. The Morgan fingerprint density at radius 1 is 1.36 bits per heavy atom. The number of rotatable bonds is 2. The molecule has 1 fully saturated rings. The van der Waals surface area contributed by atoms with Crippen LogP contribution in [0.2, 0.25) is 0 Å². The van der Waals surface area contributed by atoms with Crippen molar-refractivity contribution >= 4 is 12.0 Å². The predicted molar refractivity (Wildman–Crippen MR) is 41.3 cm³/mol. The SMILES string of the molecule is [N-]=[N+]=CC(=O)C1CCCCC1. The van der Waals surface area contributed by atoms with E-state index in [1.807, 2.05) is 0 Å². The molecule has 0 atom stereocenters. The molecule has 0 bridgehead atoms. The third-order valence-electron chi connectivity index (χ3n) is 2.19. The average Bonchev–Trinajstić information content (AvgIpc) is 2.07. The lowest BCUT2D eigenvalue weighted by Crippen LogP contribution is -2.18. The van der Waals surface area contributed by atoms with E-state index in [0.29, 0.717) is 0 Å². The van der Waals surface area contributed by atoms with E-state index in [2.05, 4.69) is 4.79 Å². The molecular weight excluding hydrogens is 140 g/mol. The van der Waals surface area contributed by atoms with Crippen LogP contribution in [0.25, 0.3) is 5.53 Å². The monoisotopic (exact) mass is 152 g/mol. The zero-order valence-corrected chi connectivity index (χ0v) is 6.49. The minimum atomic E-state index is -0.0211. The molecule has 0 aromatic carbocycles. The largest absolute Gasteiger partial charge is 0.361 e. The van der Waals surface area contributed by atoms with Gasteiger partial charge in [0, 0.05) is 5.92 Å². The molecule has 1 aliphatic rings. The second kappa shape index (κ2) is 4.04. The van der Waals surface area contributed by atoms with Gasteiger partial charge in [-0.2, -0.15) is 4.79 Å². The molecule has 60 valence electrons. The molecule has 1 saturated carbocycles. The van der Waals surface area contributed by atoms with Gasteiger partial charge in [0.25, 0.3) is 0 Å². The van der Waals surface area contributed by atoms with Gasteiger partial charge >= 0.3 is 6.21 Å². The van der Waals surface area contributed by atoms with Crippen LogP contribution in [0.15, 0.2) is 0 Å². The van der Waals surface area contributed by atoms with Crippen molar-refractivity contribution in [2.24, 2.45) is 5.92 Å². The molecule has 0 spiro atoms. The number of ketones is 1. The van der Waals surface area contributed by atoms with E-state index in [-0.39, 0.29) is 11.7 Å². The van der Waals surface area contributed by atoms with Crippen molar-refractivity contribution in [2.45, 2.75) is 32.1 Å². The van der Waals surface area contributed by atoms with Crippen LogP contribution in [0.5, 0.6) is 0 Å². The van der Waals surface area contributed by atoms with E-state index in [1.165, 1.54) is 6.42 Å². The minimum Gasteiger partial charge on any atom is -0.361 e. The molecule has 0 aliphatic heterocycles. The molecule has 11 heavy (non-hydrogen) atoms. The molecule has 0 heterocycles. The summed E-state index contributed by atoms with van der Waals surface area (Å²) in [6, 6.07) is 0. The van der Waals surface area contributed by atoms with Crippen molar-refractivity contribution in [1.29, 1.82) is 0 Å². The van der Waals surface area contributed by atoms with Crippen LogP contribution in [0, 0.1) is 5.92 Å². The lowest BCUT2D eigenvalue weighted by molar-refractivity contribution is -0.120. The third-order valence-corrected chi connectivity index (χ3v) is 2.19. The maximum atomic E-state index is 11.1. The Morgan fingerprint density at radius 3 is 2.55 bits per heavy atom. The van der Waals surface area contributed by atoms with Gasteiger partial charge in [-0.15, -0.1) is 0 Å². The maximum absolute atomic E-state index is 11.1. The zero-order valence-electron chi connectivity index (χ0n) is 6.49. The van der Waals surface area contributed by atoms with Gasteiger partial charge in [0.15, 0.2) is 0 Å². The van der Waals surface area contributed by atoms with Crippen molar-refractivity contribution in [2.75, 3.05) is 0 Å². The van der Waals surface area contributed by atoms with E-state index >= 15 is 0 Å². The molecule has 0 unspecified atom stereocenters. The molecule has 0 aromatic heterocycles. The average molecular weight is 152 g/mol. The highest BCUT2D eigenvalue weighted by Crippen LogP contribution is 2.23. The highest BCUT2D eigenvalue weighted by Gasteiger charge is 2.21. The van der Waals surface area contributed by atoms with Crippen LogP contribution < -0.4 is 0 Å². The molecule has 3 nitrogen and oxygen atoms in total. The molecule has 0 N–H and O–H groups in total. The third kappa shape index (κ3) is 2.28. The molecule has 3 heteroatoms. The molecule has 0 radical (unpaired) electrons. The Morgan fingerprint density at radius 2 is 2.00 bits per heavy atom. The first kappa shape index (κ1) is 8.15. The van der Waals surface area contributed by atoms with Gasteiger partial charge in [-0.3, -0.25) is 4.79 Å². The molecular formula is C8H12N2O. The lowest BCUT2D eigenvalue weighted by atomic mass is 9.87. The Hall–Kier alpha value is -0.950. The van der Waals surface area contributed by atoms with Gasteiger partial charge in [-0.1, -0.05) is 19.3 Å². The standard InChI is InChI=1S/C8H12N2O/c9-10-6-8(11)7-4-2-1-3-5-7/h6-7H,1-5H2. The summed E-state index contributed by atoms with van der Waals surface area (Å²) < 4.78 is 0. The summed E-state index contributed by atoms with van der Waals surface area (Å²) >= 11 is 0. The van der Waals surface area contributed by atoms with E-state index in [4.69, 9.17) is 5.53 Å². The fourth-order valence-electron chi connectivity index (χ4n) is 1.55. The lowest BCUT2D eigenvalue weighted by Gasteiger charge is -2.16. The van der Waals surface area contributed by atoms with Gasteiger partial charge in [0.1, 0.15) is 0 Å². The summed E-state index contributed by atoms with van der Waals surface area (Å²) in [6.45, 7) is 0. The Balaban J connectivity index is 2.44. The van der Waals surface area contributed by atoms with Crippen LogP contribution in [0.1, 0.15) is 32.1 Å². The fourth-order valence-corrected chi connectivity index (χ4v) is 1.55. The Bertz CT molecular complexity index is 188. The summed E-state index contributed by atoms with van der Waals surface area (Å²) in [7, 11) is 0. The van der Waals surface area contributed by atoms with Crippen LogP contribution in [0.3, 0.4) is 0 Å². The summed E-state index contributed by atoms with van der Waals surface area (Å²) in [5.74, 6) is 0.104. The van der Waals surface area contributed by atoms with Crippen molar-refractivity contribution in [1.82, 2.24) is 0 Å². The van der Waals surface area contributed by atoms with Crippen LogP contribution in [-0.2, 0) is 4.79 Å². The number of hydrogen-bond donors (Lipinski definition) is 0. The molecule has 0 aromatic rings. The summed E-state index contributed by atoms with van der Waals surface area (Å²) in [5.41, 5.74) is 8.12. The number of Topliss-reactive ketones (excluding diaryl/α,β-unsaturated/α-hetero) is 1. The van der Waals surface area contributed by atoms with Crippen LogP contribution >= 0.6 is 0 Å². The number of hydrogen-bond acceptors (Lipinski definition) is 1. The number of carbonyl (C=O) groups is 1. The highest BCUT2D eigenvalue weighted by atomic mass is 16.1. The van der Waals surface area contributed by atoms with Gasteiger partial charge < -0.3 is 5.53 Å². The van der Waals surface area contributed by atoms with Crippen LogP contribution in [-0.4, -0.2) is 16.8 Å². The second-order valence-electron chi connectivity index (χ2n) is 2.98. The first-order valence-electron chi connectivity index (χ1n) is 4.06. The first-order chi connectivity index (χ1) is 5.34. The van der Waals surface area contributed by atoms with E-state index in [0.717, 1.165) is 31.9 Å². The first-order valence-corrected chi connectivity index (χ1v) is 4.06. The smallest absolute Gasteiger partial charge is 0.323 e. The highest BCUT2D eigenvalue weighted by molar-refractivity contribution is 6.26. The number of nitrogens with zero attached hydrogens (tertiary/aromatic N) is 2. The zero-order chi connectivity index (χ0) is 8.10. The van der Waals surface area contributed by atoms with Gasteiger partial charge in [0.05, 0.1) is 0 Å². The number of carbonyl (C=O) groups excluding carboxylic acids is 1. The quantitative estimate of drug-likeness (QED) is 0.335. The van der Waals surface area contributed by atoms with Crippen molar-refractivity contribution in [3.8, 4) is 0 Å². The predicted octanol–water partition coefficient (Wildman–Crippen LogP) is 1.44. The summed E-state index contributed by atoms with van der Waals surface area (Å²) in [4.78, 5) is 13.8. The Kier molecular flexibility index (Phi) is 2.99. The summed E-state index contributed by atoms with van der Waals surface area (Å²) in [5, 5.41) is 0. The van der Waals surface area contributed by atoms with Crippen LogP contribution in [0.4, 0.5) is 0 Å². The minimum absolute atomic E-state index is 0.0211. The van der Waals surface area contributed by atoms with E-state index < -0.39 is 0 Å². The van der Waals surface area contributed by atoms with Gasteiger partial charge in [0.2, 0.25) is 5.78 Å². The topological polar surface area (TPSA) is 53.5 Å². The van der Waals surface area contributed by atoms with E-state index in [9.17, 15) is 4.79 Å². The Labute approximate surface area is 66.0 Å². The molecule has 1 rings (SSSR count). The van der Waals surface area contributed by atoms with Crippen molar-refractivity contribution < 1.29 is 9.58 Å². The van der Waals surface area contributed by atoms with Crippen molar-refractivity contribution in [3.63, 3.8) is 0 Å². The molecule has 0 saturated heterocycles. The molecule has 1 aliphatic carbocycles. The fraction of sp³-hybridized carbons (Fsp3) is 0.750. The van der Waals surface area contributed by atoms with Gasteiger partial charge in [-0.05, 0) is 12.8 Å². The molecule has 0 amide bonds. The summed E-state index contributed by atoms with van der Waals surface area (Å²) in [6.07, 6.45) is 6.46. The maximum Gasteiger partial charge on any atom is 0.323 e. The van der Waals surface area contributed by atoms with Gasteiger partial charge in [-0.25, -0.2) is 0 Å². The van der Waals surface area contributed by atoms with E-state index in [1.54, 1.807) is 0 Å². The normalized spacial score (nSPS) is 18.9.